The third-order valence-corrected chi connectivity index (χ3v) is 6.41. The van der Waals surface area contributed by atoms with Crippen molar-refractivity contribution in [3.05, 3.63) is 139 Å². The normalized spacial score (nSPS) is 12.9. The number of nitrogens with one attached hydrogen (secondary N) is 1. The molecule has 35 heavy (non-hydrogen) atoms. The van der Waals surface area contributed by atoms with E-state index in [9.17, 15) is 4.79 Å². The molecule has 176 valence electrons. The van der Waals surface area contributed by atoms with Gasteiger partial charge in [0.2, 0.25) is 0 Å². The lowest BCUT2D eigenvalue weighted by Crippen LogP contribution is -2.32. The van der Waals surface area contributed by atoms with Gasteiger partial charge in [0.05, 0.1) is 12.1 Å². The van der Waals surface area contributed by atoms with Crippen LogP contribution in [0.15, 0.2) is 102 Å². The van der Waals surface area contributed by atoms with Gasteiger partial charge in [-0.25, -0.2) is 0 Å². The molecule has 0 saturated heterocycles. The van der Waals surface area contributed by atoms with Crippen molar-refractivity contribution in [2.75, 3.05) is 0 Å². The van der Waals surface area contributed by atoms with Crippen LogP contribution in [0, 0.1) is 0 Å². The molecule has 0 aliphatic heterocycles. The predicted molar refractivity (Wildman–Crippen MR) is 146 cm³/mol. The zero-order valence-electron chi connectivity index (χ0n) is 18.3. The molecule has 4 rings (SSSR count). The molecule has 7 heteroatoms. The minimum absolute atomic E-state index is 0.248. The highest BCUT2D eigenvalue weighted by Crippen LogP contribution is 2.34. The second-order valence-electron chi connectivity index (χ2n) is 7.84. The zero-order chi connectivity index (χ0) is 24.8. The van der Waals surface area contributed by atoms with E-state index in [4.69, 9.17) is 51.4 Å². The van der Waals surface area contributed by atoms with Crippen LogP contribution in [0.3, 0.4) is 0 Å². The molecule has 1 N–H and O–H groups in total. The highest BCUT2D eigenvalue weighted by atomic mass is 35.5. The summed E-state index contributed by atoms with van der Waals surface area (Å²) in [6, 6.07) is 27.9. The Morgan fingerprint density at radius 2 is 1.06 bits per heavy atom. The number of rotatable bonds is 7. The van der Waals surface area contributed by atoms with Crippen LogP contribution >= 0.6 is 46.4 Å². The van der Waals surface area contributed by atoms with Gasteiger partial charge in [-0.15, -0.1) is 0 Å². The maximum absolute atomic E-state index is 13.2. The fourth-order valence-corrected chi connectivity index (χ4v) is 4.08. The molecule has 0 bridgehead atoms. The van der Waals surface area contributed by atoms with Crippen molar-refractivity contribution >= 4 is 58.5 Å². The SMILES string of the molecule is O=C(NC(c1ccc(Cl)cc1)[C@H](N=Cc1ccc(Cl)cc1)c1ccc(Cl)cc1)c1ccc(Cl)cc1. The Bertz CT molecular complexity index is 1300. The Labute approximate surface area is 224 Å². The summed E-state index contributed by atoms with van der Waals surface area (Å²) in [5, 5.41) is 5.57. The van der Waals surface area contributed by atoms with Gasteiger partial charge in [-0.2, -0.15) is 0 Å². The molecule has 0 saturated carbocycles. The third kappa shape index (κ3) is 6.87. The monoisotopic (exact) mass is 540 g/mol. The summed E-state index contributed by atoms with van der Waals surface area (Å²) < 4.78 is 0. The number of benzene rings is 4. The molecule has 0 heterocycles. The van der Waals surface area contributed by atoms with E-state index in [0.29, 0.717) is 25.7 Å². The molecule has 4 aromatic carbocycles. The maximum Gasteiger partial charge on any atom is 0.251 e. The number of aliphatic imine (C=N–C) groups is 1. The van der Waals surface area contributed by atoms with Gasteiger partial charge in [0.15, 0.2) is 0 Å². The fourth-order valence-electron chi connectivity index (χ4n) is 3.58. The van der Waals surface area contributed by atoms with Crippen LogP contribution in [0.25, 0.3) is 0 Å². The van der Waals surface area contributed by atoms with Gasteiger partial charge in [0.25, 0.3) is 5.91 Å². The quantitative estimate of drug-likeness (QED) is 0.234. The molecular weight excluding hydrogens is 522 g/mol. The smallest absolute Gasteiger partial charge is 0.251 e. The van der Waals surface area contributed by atoms with Crippen LogP contribution in [0.5, 0.6) is 0 Å². The third-order valence-electron chi connectivity index (χ3n) is 5.40. The number of nitrogens with zero attached hydrogens (tertiary/aromatic N) is 1. The molecule has 0 aromatic heterocycles. The Morgan fingerprint density at radius 1 is 0.629 bits per heavy atom. The summed E-state index contributed by atoms with van der Waals surface area (Å²) in [7, 11) is 0. The van der Waals surface area contributed by atoms with Crippen molar-refractivity contribution < 1.29 is 4.79 Å². The summed E-state index contributed by atoms with van der Waals surface area (Å²) in [5.41, 5.74) is 3.11. The molecule has 4 aromatic rings. The average molecular weight is 542 g/mol. The molecule has 1 unspecified atom stereocenters. The van der Waals surface area contributed by atoms with Gasteiger partial charge in [-0.1, -0.05) is 82.8 Å². The van der Waals surface area contributed by atoms with Crippen LogP contribution in [0.1, 0.15) is 39.1 Å². The lowest BCUT2D eigenvalue weighted by molar-refractivity contribution is 0.0930. The first-order chi connectivity index (χ1) is 16.9. The van der Waals surface area contributed by atoms with Gasteiger partial charge in [0.1, 0.15) is 0 Å². The first-order valence-electron chi connectivity index (χ1n) is 10.7. The molecule has 2 atom stereocenters. The first kappa shape index (κ1) is 25.3. The number of carbonyl (C=O) groups is 1. The standard InChI is InChI=1S/C28H20Cl4N2O/c29-22-9-1-18(2-10-22)17-33-26(19-3-11-23(30)12-4-19)27(20-5-13-24(31)14-6-20)34-28(35)21-7-15-25(32)16-8-21/h1-17,26-27H,(H,34,35)/t26-,27?/m1/s1. The molecular formula is C28H20Cl4N2O. The number of amides is 1. The molecule has 3 nitrogen and oxygen atoms in total. The van der Waals surface area contributed by atoms with E-state index in [1.165, 1.54) is 0 Å². The Hall–Kier alpha value is -2.82. The van der Waals surface area contributed by atoms with Gasteiger partial charge in [-0.3, -0.25) is 9.79 Å². The van der Waals surface area contributed by atoms with E-state index in [2.05, 4.69) is 5.32 Å². The van der Waals surface area contributed by atoms with Crippen molar-refractivity contribution in [1.82, 2.24) is 5.32 Å². The largest absolute Gasteiger partial charge is 0.343 e. The number of halogens is 4. The molecule has 0 aliphatic rings. The second kappa shape index (κ2) is 11.7. The van der Waals surface area contributed by atoms with Gasteiger partial charge in [0, 0.05) is 31.9 Å². The molecule has 0 aliphatic carbocycles. The summed E-state index contributed by atoms with van der Waals surface area (Å²) in [6.45, 7) is 0. The van der Waals surface area contributed by atoms with Crippen molar-refractivity contribution in [1.29, 1.82) is 0 Å². The van der Waals surface area contributed by atoms with Crippen LogP contribution in [0.2, 0.25) is 20.1 Å². The molecule has 0 spiro atoms. The lowest BCUT2D eigenvalue weighted by atomic mass is 9.93. The second-order valence-corrected chi connectivity index (χ2v) is 9.58. The van der Waals surface area contributed by atoms with Crippen molar-refractivity contribution in [3.63, 3.8) is 0 Å². The van der Waals surface area contributed by atoms with Crippen LogP contribution in [0.4, 0.5) is 0 Å². The van der Waals surface area contributed by atoms with E-state index in [1.807, 2.05) is 48.5 Å². The van der Waals surface area contributed by atoms with Gasteiger partial charge < -0.3 is 5.32 Å². The molecule has 0 radical (unpaired) electrons. The number of carbonyl (C=O) groups excluding carboxylic acids is 1. The van der Waals surface area contributed by atoms with Crippen LogP contribution < -0.4 is 5.32 Å². The van der Waals surface area contributed by atoms with E-state index in [-0.39, 0.29) is 5.91 Å². The Morgan fingerprint density at radius 3 is 1.57 bits per heavy atom. The lowest BCUT2D eigenvalue weighted by Gasteiger charge is -2.26. The highest BCUT2D eigenvalue weighted by molar-refractivity contribution is 6.31. The first-order valence-corrected chi connectivity index (χ1v) is 12.3. The Balaban J connectivity index is 1.76. The average Bonchev–Trinajstić information content (AvgIpc) is 2.86. The topological polar surface area (TPSA) is 41.5 Å². The van der Waals surface area contributed by atoms with E-state index >= 15 is 0 Å². The molecule has 1 amide bonds. The van der Waals surface area contributed by atoms with Crippen LogP contribution in [-0.2, 0) is 0 Å². The minimum atomic E-state index is -0.500. The van der Waals surface area contributed by atoms with Crippen LogP contribution in [-0.4, -0.2) is 12.1 Å². The van der Waals surface area contributed by atoms with Crippen molar-refractivity contribution in [2.24, 2.45) is 4.99 Å². The van der Waals surface area contributed by atoms with E-state index < -0.39 is 12.1 Å². The van der Waals surface area contributed by atoms with Crippen molar-refractivity contribution in [2.45, 2.75) is 12.1 Å². The summed E-state index contributed by atoms with van der Waals surface area (Å²) in [6.07, 6.45) is 1.77. The fraction of sp³-hybridized carbons (Fsp3) is 0.0714. The zero-order valence-corrected chi connectivity index (χ0v) is 21.4. The summed E-state index contributed by atoms with van der Waals surface area (Å²) in [4.78, 5) is 18.1. The predicted octanol–water partition coefficient (Wildman–Crippen LogP) is 8.63. The van der Waals surface area contributed by atoms with Gasteiger partial charge >= 0.3 is 0 Å². The minimum Gasteiger partial charge on any atom is -0.343 e. The summed E-state index contributed by atoms with van der Waals surface area (Å²) >= 11 is 24.3. The number of hydrogen-bond acceptors (Lipinski definition) is 2. The van der Waals surface area contributed by atoms with Gasteiger partial charge in [-0.05, 0) is 77.4 Å². The maximum atomic E-state index is 13.2. The van der Waals surface area contributed by atoms with E-state index in [1.54, 1.807) is 54.7 Å². The highest BCUT2D eigenvalue weighted by Gasteiger charge is 2.26. The summed E-state index contributed by atoms with van der Waals surface area (Å²) in [5.74, 6) is -0.248. The van der Waals surface area contributed by atoms with E-state index in [0.717, 1.165) is 16.7 Å². The molecule has 0 fully saturated rings. The Kier molecular flexibility index (Phi) is 8.48. The number of hydrogen-bond donors (Lipinski definition) is 1. The van der Waals surface area contributed by atoms with Crippen molar-refractivity contribution in [3.8, 4) is 0 Å².